The Morgan fingerprint density at radius 2 is 1.61 bits per heavy atom. The third-order valence-electron chi connectivity index (χ3n) is 6.59. The van der Waals surface area contributed by atoms with E-state index in [2.05, 4.69) is 11.0 Å². The fourth-order valence-corrected chi connectivity index (χ4v) is 4.92. The third-order valence-corrected chi connectivity index (χ3v) is 6.59. The number of morpholine rings is 1. The highest BCUT2D eigenvalue weighted by atomic mass is 35.5. The van der Waals surface area contributed by atoms with E-state index in [4.69, 9.17) is 9.72 Å². The number of halogens is 1. The zero-order valence-corrected chi connectivity index (χ0v) is 18.9. The van der Waals surface area contributed by atoms with Crippen LogP contribution in [0.1, 0.15) is 27.1 Å². The van der Waals surface area contributed by atoms with Gasteiger partial charge in [-0.2, -0.15) is 0 Å². The number of pyridine rings is 1. The Morgan fingerprint density at radius 3 is 2.45 bits per heavy atom. The van der Waals surface area contributed by atoms with Gasteiger partial charge in [-0.3, -0.25) is 19.4 Å². The summed E-state index contributed by atoms with van der Waals surface area (Å²) in [6.45, 7) is 4.60. The van der Waals surface area contributed by atoms with E-state index in [9.17, 15) is 9.59 Å². The van der Waals surface area contributed by atoms with Crippen LogP contribution in [0.25, 0.3) is 32.6 Å². The summed E-state index contributed by atoms with van der Waals surface area (Å²) in [5.74, 6) is -0.378. The average molecular weight is 462 g/mol. The van der Waals surface area contributed by atoms with Crippen molar-refractivity contribution < 1.29 is 14.3 Å². The average Bonchev–Trinajstić information content (AvgIpc) is 3.08. The van der Waals surface area contributed by atoms with Crippen LogP contribution in [-0.4, -0.2) is 66.0 Å². The molecule has 0 bridgehead atoms. The van der Waals surface area contributed by atoms with E-state index < -0.39 is 0 Å². The molecule has 2 aliphatic rings. The molecule has 2 aliphatic heterocycles. The lowest BCUT2D eigenvalue weighted by molar-refractivity contribution is 0.0355. The zero-order valence-electron chi connectivity index (χ0n) is 18.1. The van der Waals surface area contributed by atoms with Gasteiger partial charge in [-0.1, -0.05) is 30.3 Å². The molecule has 7 heteroatoms. The minimum Gasteiger partial charge on any atom is -0.379 e. The highest BCUT2D eigenvalue weighted by Gasteiger charge is 2.36. The smallest absolute Gasteiger partial charge is 0.262 e. The van der Waals surface area contributed by atoms with Crippen LogP contribution in [0.4, 0.5) is 0 Å². The Balaban J connectivity index is 0.00000228. The molecule has 33 heavy (non-hydrogen) atoms. The monoisotopic (exact) mass is 461 g/mol. The molecule has 0 atom stereocenters. The van der Waals surface area contributed by atoms with E-state index >= 15 is 0 Å². The van der Waals surface area contributed by atoms with Crippen LogP contribution in [0.3, 0.4) is 0 Å². The lowest BCUT2D eigenvalue weighted by Crippen LogP contribution is -2.39. The van der Waals surface area contributed by atoms with Crippen molar-refractivity contribution in [1.82, 2.24) is 14.8 Å². The second-order valence-electron chi connectivity index (χ2n) is 8.47. The van der Waals surface area contributed by atoms with E-state index in [1.165, 1.54) is 4.90 Å². The molecule has 0 radical (unpaired) electrons. The molecule has 1 saturated heterocycles. The van der Waals surface area contributed by atoms with Crippen LogP contribution in [-0.2, 0) is 4.74 Å². The quantitative estimate of drug-likeness (QED) is 0.258. The molecule has 6 rings (SSSR count). The van der Waals surface area contributed by atoms with Crippen LogP contribution < -0.4 is 0 Å². The maximum Gasteiger partial charge on any atom is 0.262 e. The van der Waals surface area contributed by atoms with Crippen molar-refractivity contribution in [3.8, 4) is 0 Å². The van der Waals surface area contributed by atoms with Gasteiger partial charge < -0.3 is 4.74 Å². The number of nitrogens with zero attached hydrogens (tertiary/aromatic N) is 3. The van der Waals surface area contributed by atoms with Gasteiger partial charge in [0, 0.05) is 37.0 Å². The molecular weight excluding hydrogens is 438 g/mol. The fraction of sp³-hybridized carbons (Fsp3) is 0.269. The van der Waals surface area contributed by atoms with E-state index in [1.54, 1.807) is 6.07 Å². The summed E-state index contributed by atoms with van der Waals surface area (Å²) in [5.41, 5.74) is 2.85. The van der Waals surface area contributed by atoms with Crippen LogP contribution in [0.2, 0.25) is 0 Å². The molecule has 0 spiro atoms. The summed E-state index contributed by atoms with van der Waals surface area (Å²) in [4.78, 5) is 34.8. The molecule has 0 unspecified atom stereocenters. The molecule has 3 heterocycles. The van der Waals surface area contributed by atoms with Gasteiger partial charge in [-0.25, -0.2) is 4.98 Å². The van der Waals surface area contributed by atoms with Gasteiger partial charge in [0.25, 0.3) is 11.8 Å². The largest absolute Gasteiger partial charge is 0.379 e. The van der Waals surface area contributed by atoms with Gasteiger partial charge in [-0.05, 0) is 41.5 Å². The molecular formula is C26H24ClN3O3. The number of imide groups is 1. The van der Waals surface area contributed by atoms with Crippen LogP contribution in [0.5, 0.6) is 0 Å². The van der Waals surface area contributed by atoms with Crippen LogP contribution in [0.15, 0.2) is 54.6 Å². The molecule has 0 N–H and O–H groups in total. The summed E-state index contributed by atoms with van der Waals surface area (Å²) >= 11 is 0. The topological polar surface area (TPSA) is 62.7 Å². The maximum atomic E-state index is 13.3. The first-order chi connectivity index (χ1) is 15.7. The lowest BCUT2D eigenvalue weighted by atomic mass is 9.97. The number of fused-ring (bicyclic) bond motifs is 6. The number of carbonyl (C=O) groups excluding carboxylic acids is 2. The fourth-order valence-electron chi connectivity index (χ4n) is 4.92. The number of para-hydroxylation sites is 1. The Kier molecular flexibility index (Phi) is 5.74. The molecule has 0 aliphatic carbocycles. The minimum absolute atomic E-state index is 0. The zero-order chi connectivity index (χ0) is 21.7. The molecule has 168 valence electrons. The number of hydrogen-bond donors (Lipinski definition) is 0. The predicted octanol–water partition coefficient (Wildman–Crippen LogP) is 4.28. The first-order valence-electron chi connectivity index (χ1n) is 11.1. The normalized spacial score (nSPS) is 16.5. The number of hydrogen-bond acceptors (Lipinski definition) is 5. The van der Waals surface area contributed by atoms with E-state index in [0.717, 1.165) is 71.8 Å². The Hall–Kier alpha value is -3.06. The Labute approximate surface area is 197 Å². The van der Waals surface area contributed by atoms with E-state index in [-0.39, 0.29) is 24.2 Å². The summed E-state index contributed by atoms with van der Waals surface area (Å²) < 4.78 is 5.39. The standard InChI is InChI=1S/C26H23N3O3.ClH/c30-25-20-7-6-18-19(8-9-23-21(18)16-17-4-1-2-5-22(17)27-23)24(20)26(31)29(25)11-3-10-28-12-14-32-15-13-28;/h1-2,4-9,16H,3,10-15H2;1H. The number of aromatic nitrogens is 1. The van der Waals surface area contributed by atoms with E-state index in [1.807, 2.05) is 42.5 Å². The van der Waals surface area contributed by atoms with Gasteiger partial charge in [0.2, 0.25) is 0 Å². The van der Waals surface area contributed by atoms with Crippen molar-refractivity contribution in [2.75, 3.05) is 39.4 Å². The van der Waals surface area contributed by atoms with Crippen LogP contribution >= 0.6 is 12.4 Å². The molecule has 1 fully saturated rings. The van der Waals surface area contributed by atoms with Gasteiger partial charge in [0.15, 0.2) is 0 Å². The molecule has 1 aromatic heterocycles. The maximum absolute atomic E-state index is 13.3. The van der Waals surface area contributed by atoms with Crippen molar-refractivity contribution >= 4 is 56.8 Å². The van der Waals surface area contributed by atoms with Crippen molar-refractivity contribution in [2.45, 2.75) is 6.42 Å². The van der Waals surface area contributed by atoms with Crippen molar-refractivity contribution in [2.24, 2.45) is 0 Å². The lowest BCUT2D eigenvalue weighted by Gasteiger charge is -2.27. The van der Waals surface area contributed by atoms with E-state index in [0.29, 0.717) is 17.7 Å². The molecule has 2 amide bonds. The number of amides is 2. The van der Waals surface area contributed by atoms with Gasteiger partial charge >= 0.3 is 0 Å². The number of ether oxygens (including phenoxy) is 1. The molecule has 0 saturated carbocycles. The molecule has 6 nitrogen and oxygen atoms in total. The number of benzene rings is 3. The second-order valence-corrected chi connectivity index (χ2v) is 8.47. The highest BCUT2D eigenvalue weighted by molar-refractivity contribution is 6.28. The van der Waals surface area contributed by atoms with Gasteiger partial charge in [0.1, 0.15) is 0 Å². The number of rotatable bonds is 4. The van der Waals surface area contributed by atoms with Crippen LogP contribution in [0, 0.1) is 0 Å². The molecule has 3 aromatic carbocycles. The predicted molar refractivity (Wildman–Crippen MR) is 131 cm³/mol. The Bertz CT molecular complexity index is 1400. The molecule has 4 aromatic rings. The Morgan fingerprint density at radius 1 is 0.818 bits per heavy atom. The SMILES string of the molecule is Cl.O=C1c2ccc3c(ccc4nc5ccccc5cc43)c2C(=O)N1CCCN1CCOCC1. The van der Waals surface area contributed by atoms with Crippen molar-refractivity contribution in [3.05, 3.63) is 65.7 Å². The third kappa shape index (κ3) is 3.64. The second kappa shape index (κ2) is 8.71. The summed E-state index contributed by atoms with van der Waals surface area (Å²) in [6, 6.07) is 17.8. The van der Waals surface area contributed by atoms with Crippen molar-refractivity contribution in [1.29, 1.82) is 0 Å². The van der Waals surface area contributed by atoms with Gasteiger partial charge in [-0.15, -0.1) is 12.4 Å². The highest BCUT2D eigenvalue weighted by Crippen LogP contribution is 2.34. The van der Waals surface area contributed by atoms with Crippen molar-refractivity contribution in [3.63, 3.8) is 0 Å². The first kappa shape index (κ1) is 21.8. The number of carbonyl (C=O) groups is 2. The van der Waals surface area contributed by atoms with Gasteiger partial charge in [0.05, 0.1) is 35.4 Å². The summed E-state index contributed by atoms with van der Waals surface area (Å²) in [7, 11) is 0. The first-order valence-corrected chi connectivity index (χ1v) is 11.1. The minimum atomic E-state index is -0.189. The summed E-state index contributed by atoms with van der Waals surface area (Å²) in [5, 5.41) is 3.83. The summed E-state index contributed by atoms with van der Waals surface area (Å²) in [6.07, 6.45) is 0.766.